The van der Waals surface area contributed by atoms with E-state index in [9.17, 15) is 9.90 Å². The second-order valence-corrected chi connectivity index (χ2v) is 4.95. The highest BCUT2D eigenvalue weighted by molar-refractivity contribution is 5.87. The zero-order valence-electron chi connectivity index (χ0n) is 12.0. The Bertz CT molecular complexity index is 606. The molecule has 5 nitrogen and oxygen atoms in total. The lowest BCUT2D eigenvalue weighted by Gasteiger charge is -2.20. The van der Waals surface area contributed by atoms with Gasteiger partial charge in [0, 0.05) is 13.1 Å². The number of aliphatic hydroxyl groups excluding tert-OH is 1. The molecule has 0 amide bonds. The van der Waals surface area contributed by atoms with E-state index < -0.39 is 5.97 Å². The fourth-order valence-electron chi connectivity index (χ4n) is 2.21. The molecule has 1 heterocycles. The molecule has 1 aromatic heterocycles. The van der Waals surface area contributed by atoms with Gasteiger partial charge in [-0.15, -0.1) is 0 Å². The number of benzene rings is 1. The first-order valence-corrected chi connectivity index (χ1v) is 6.79. The van der Waals surface area contributed by atoms with Gasteiger partial charge in [-0.3, -0.25) is 4.90 Å². The lowest BCUT2D eigenvalue weighted by molar-refractivity contribution is 0.0696. The van der Waals surface area contributed by atoms with Crippen LogP contribution in [0.15, 0.2) is 40.8 Å². The SMILES string of the molecule is Cc1ccc(CN(CCO)Cc2cccc(C(=O)O)c2)o1. The molecule has 0 aliphatic rings. The Hall–Kier alpha value is -2.11. The molecule has 0 aliphatic heterocycles. The molecule has 21 heavy (non-hydrogen) atoms. The molecule has 0 bridgehead atoms. The number of aryl methyl sites for hydroxylation is 1. The van der Waals surface area contributed by atoms with Gasteiger partial charge in [0.25, 0.3) is 0 Å². The molecular formula is C16H19NO4. The third-order valence-electron chi connectivity index (χ3n) is 3.17. The van der Waals surface area contributed by atoms with Gasteiger partial charge in [-0.25, -0.2) is 4.79 Å². The molecule has 0 aliphatic carbocycles. The van der Waals surface area contributed by atoms with Crippen molar-refractivity contribution in [2.24, 2.45) is 0 Å². The summed E-state index contributed by atoms with van der Waals surface area (Å²) in [5.74, 6) is 0.740. The number of carbonyl (C=O) groups is 1. The first-order valence-electron chi connectivity index (χ1n) is 6.79. The van der Waals surface area contributed by atoms with Gasteiger partial charge < -0.3 is 14.6 Å². The number of hydrogen-bond acceptors (Lipinski definition) is 4. The van der Waals surface area contributed by atoms with E-state index in [0.717, 1.165) is 17.1 Å². The first-order chi connectivity index (χ1) is 10.1. The smallest absolute Gasteiger partial charge is 0.335 e. The normalized spacial score (nSPS) is 11.0. The molecule has 0 unspecified atom stereocenters. The molecular weight excluding hydrogens is 270 g/mol. The van der Waals surface area contributed by atoms with E-state index in [0.29, 0.717) is 19.6 Å². The Labute approximate surface area is 123 Å². The van der Waals surface area contributed by atoms with Crippen LogP contribution in [0.2, 0.25) is 0 Å². The highest BCUT2D eigenvalue weighted by Crippen LogP contribution is 2.13. The van der Waals surface area contributed by atoms with Gasteiger partial charge in [0.2, 0.25) is 0 Å². The lowest BCUT2D eigenvalue weighted by Crippen LogP contribution is -2.26. The third-order valence-corrected chi connectivity index (χ3v) is 3.17. The molecule has 1 aromatic carbocycles. The Morgan fingerprint density at radius 1 is 1.24 bits per heavy atom. The van der Waals surface area contributed by atoms with Crippen molar-refractivity contribution in [2.45, 2.75) is 20.0 Å². The van der Waals surface area contributed by atoms with Crippen LogP contribution in [-0.4, -0.2) is 34.2 Å². The van der Waals surface area contributed by atoms with Crippen molar-refractivity contribution in [1.82, 2.24) is 4.90 Å². The largest absolute Gasteiger partial charge is 0.478 e. The van der Waals surface area contributed by atoms with Crippen molar-refractivity contribution in [3.05, 3.63) is 59.0 Å². The Morgan fingerprint density at radius 3 is 2.67 bits per heavy atom. The van der Waals surface area contributed by atoms with Gasteiger partial charge in [0.1, 0.15) is 11.5 Å². The number of carboxylic acids is 1. The van der Waals surface area contributed by atoms with Crippen LogP contribution < -0.4 is 0 Å². The number of carboxylic acid groups (broad SMARTS) is 1. The minimum Gasteiger partial charge on any atom is -0.478 e. The molecule has 0 radical (unpaired) electrons. The van der Waals surface area contributed by atoms with Crippen molar-refractivity contribution < 1.29 is 19.4 Å². The summed E-state index contributed by atoms with van der Waals surface area (Å²) in [6, 6.07) is 10.6. The minimum absolute atomic E-state index is 0.0400. The van der Waals surface area contributed by atoms with Crippen LogP contribution in [0.4, 0.5) is 0 Å². The van der Waals surface area contributed by atoms with E-state index in [4.69, 9.17) is 9.52 Å². The lowest BCUT2D eigenvalue weighted by atomic mass is 10.1. The topological polar surface area (TPSA) is 73.9 Å². The van der Waals surface area contributed by atoms with Crippen molar-refractivity contribution in [3.8, 4) is 0 Å². The predicted molar refractivity (Wildman–Crippen MR) is 78.0 cm³/mol. The standard InChI is InChI=1S/C16H19NO4/c1-12-5-6-15(21-12)11-17(7-8-18)10-13-3-2-4-14(9-13)16(19)20/h2-6,9,18H,7-8,10-11H2,1H3,(H,19,20). The zero-order valence-corrected chi connectivity index (χ0v) is 12.0. The van der Waals surface area contributed by atoms with Gasteiger partial charge in [-0.2, -0.15) is 0 Å². The average Bonchev–Trinajstić information content (AvgIpc) is 2.84. The van der Waals surface area contributed by atoms with Crippen LogP contribution in [-0.2, 0) is 13.1 Å². The summed E-state index contributed by atoms with van der Waals surface area (Å²) in [6.07, 6.45) is 0. The predicted octanol–water partition coefficient (Wildman–Crippen LogP) is 2.28. The van der Waals surface area contributed by atoms with Crippen molar-refractivity contribution >= 4 is 5.97 Å². The van der Waals surface area contributed by atoms with Crippen molar-refractivity contribution in [2.75, 3.05) is 13.2 Å². The van der Waals surface area contributed by atoms with Crippen LogP contribution in [0.5, 0.6) is 0 Å². The maximum Gasteiger partial charge on any atom is 0.335 e. The zero-order chi connectivity index (χ0) is 15.2. The summed E-state index contributed by atoms with van der Waals surface area (Å²) in [7, 11) is 0. The first kappa shape index (κ1) is 15.3. The monoisotopic (exact) mass is 289 g/mol. The van der Waals surface area contributed by atoms with Crippen LogP contribution in [0.1, 0.15) is 27.4 Å². The number of aromatic carboxylic acids is 1. The van der Waals surface area contributed by atoms with Crippen LogP contribution in [0.3, 0.4) is 0 Å². The molecule has 2 N–H and O–H groups in total. The number of aliphatic hydroxyl groups is 1. The van der Waals surface area contributed by atoms with E-state index in [1.54, 1.807) is 18.2 Å². The second-order valence-electron chi connectivity index (χ2n) is 4.95. The van der Waals surface area contributed by atoms with Crippen molar-refractivity contribution in [1.29, 1.82) is 0 Å². The van der Waals surface area contributed by atoms with E-state index in [-0.39, 0.29) is 12.2 Å². The second kappa shape index (κ2) is 7.06. The number of hydrogen-bond donors (Lipinski definition) is 2. The number of furan rings is 1. The van der Waals surface area contributed by atoms with E-state index >= 15 is 0 Å². The molecule has 0 fully saturated rings. The number of rotatable bonds is 7. The summed E-state index contributed by atoms with van der Waals surface area (Å²) >= 11 is 0. The average molecular weight is 289 g/mol. The van der Waals surface area contributed by atoms with Gasteiger partial charge in [0.05, 0.1) is 18.7 Å². The van der Waals surface area contributed by atoms with Crippen LogP contribution in [0.25, 0.3) is 0 Å². The molecule has 2 aromatic rings. The van der Waals surface area contributed by atoms with Crippen molar-refractivity contribution in [3.63, 3.8) is 0 Å². The van der Waals surface area contributed by atoms with Gasteiger partial charge in [0.15, 0.2) is 0 Å². The Morgan fingerprint density at radius 2 is 2.05 bits per heavy atom. The molecule has 0 atom stereocenters. The fourth-order valence-corrected chi connectivity index (χ4v) is 2.21. The van der Waals surface area contributed by atoms with Crippen LogP contribution in [0, 0.1) is 6.92 Å². The molecule has 0 saturated carbocycles. The highest BCUT2D eigenvalue weighted by Gasteiger charge is 2.10. The molecule has 0 spiro atoms. The molecule has 112 valence electrons. The van der Waals surface area contributed by atoms with E-state index in [1.165, 1.54) is 0 Å². The molecule has 2 rings (SSSR count). The Kier molecular flexibility index (Phi) is 5.14. The molecule has 0 saturated heterocycles. The maximum atomic E-state index is 11.0. The van der Waals surface area contributed by atoms with Gasteiger partial charge >= 0.3 is 5.97 Å². The van der Waals surface area contributed by atoms with Gasteiger partial charge in [-0.1, -0.05) is 12.1 Å². The minimum atomic E-state index is -0.938. The summed E-state index contributed by atoms with van der Waals surface area (Å²) < 4.78 is 5.54. The number of nitrogens with zero attached hydrogens (tertiary/aromatic N) is 1. The fraction of sp³-hybridized carbons (Fsp3) is 0.312. The quantitative estimate of drug-likeness (QED) is 0.818. The maximum absolute atomic E-state index is 11.0. The third kappa shape index (κ3) is 4.44. The van der Waals surface area contributed by atoms with Gasteiger partial charge in [-0.05, 0) is 36.8 Å². The summed E-state index contributed by atoms with van der Waals surface area (Å²) in [6.45, 7) is 3.55. The summed E-state index contributed by atoms with van der Waals surface area (Å²) in [4.78, 5) is 13.0. The van der Waals surface area contributed by atoms with E-state index in [1.807, 2.05) is 30.0 Å². The summed E-state index contributed by atoms with van der Waals surface area (Å²) in [5, 5.41) is 18.2. The van der Waals surface area contributed by atoms with E-state index in [2.05, 4.69) is 0 Å². The summed E-state index contributed by atoms with van der Waals surface area (Å²) in [5.41, 5.74) is 1.16. The molecule has 5 heteroatoms. The van der Waals surface area contributed by atoms with Crippen LogP contribution >= 0.6 is 0 Å². The Balaban J connectivity index is 2.08. The highest BCUT2D eigenvalue weighted by atomic mass is 16.4.